The van der Waals surface area contributed by atoms with Gasteiger partial charge in [0, 0.05) is 11.1 Å². The van der Waals surface area contributed by atoms with Gasteiger partial charge in [0.15, 0.2) is 5.65 Å². The number of hydrogen-bond donors (Lipinski definition) is 1. The Balaban J connectivity index is 0.000000386. The van der Waals surface area contributed by atoms with Gasteiger partial charge in [-0.1, -0.05) is 0 Å². The molecule has 0 aliphatic rings. The quantitative estimate of drug-likeness (QED) is 0.760. The Labute approximate surface area is 109 Å². The van der Waals surface area contributed by atoms with Crippen molar-refractivity contribution in [2.45, 2.75) is 13.8 Å². The van der Waals surface area contributed by atoms with Crippen molar-refractivity contribution in [1.82, 2.24) is 9.97 Å². The average Bonchev–Trinajstić information content (AvgIpc) is 2.17. The van der Waals surface area contributed by atoms with Gasteiger partial charge in [0.1, 0.15) is 5.82 Å². The molecule has 3 nitrogen and oxygen atoms in total. The van der Waals surface area contributed by atoms with Gasteiger partial charge in [-0.3, -0.25) is 0 Å². The minimum atomic E-state index is 0.194. The fraction of sp³-hybridized carbons (Fsp3) is 0.200. The van der Waals surface area contributed by atoms with Crippen LogP contribution >= 0.6 is 20.2 Å². The summed E-state index contributed by atoms with van der Waals surface area (Å²) in [7, 11) is 9.53. The molecular weight excluding hydrogens is 289 g/mol. The van der Waals surface area contributed by atoms with Crippen LogP contribution in [0.1, 0.15) is 11.3 Å². The van der Waals surface area contributed by atoms with Crippen molar-refractivity contribution >= 4 is 37.0 Å². The van der Waals surface area contributed by atoms with E-state index in [1.807, 2.05) is 19.1 Å². The van der Waals surface area contributed by atoms with Crippen LogP contribution < -0.4 is 5.73 Å². The standard InChI is InChI=1S/C10H11N3.2ClH.Fe/c1-6-5-7(2)12-10-8(6)3-4-9(11)13-10;;;/h3-5H,1-2H3,(H2,11,12,13);2*1H;/q;;;+2/p-2. The van der Waals surface area contributed by atoms with Gasteiger partial charge in [0.05, 0.1) is 0 Å². The maximum absolute atomic E-state index is 5.57. The molecule has 16 heavy (non-hydrogen) atoms. The van der Waals surface area contributed by atoms with Gasteiger partial charge in [-0.05, 0) is 37.6 Å². The predicted octanol–water partition coefficient (Wildman–Crippen LogP) is 3.21. The zero-order valence-electron chi connectivity index (χ0n) is 8.81. The van der Waals surface area contributed by atoms with Crippen molar-refractivity contribution in [2.24, 2.45) is 0 Å². The molecule has 2 N–H and O–H groups in total. The molecule has 6 heteroatoms. The Morgan fingerprint density at radius 1 is 1.19 bits per heavy atom. The summed E-state index contributed by atoms with van der Waals surface area (Å²) in [5, 5.41) is 1.07. The van der Waals surface area contributed by atoms with Gasteiger partial charge < -0.3 is 5.73 Å². The summed E-state index contributed by atoms with van der Waals surface area (Å²) in [6.07, 6.45) is 0. The summed E-state index contributed by atoms with van der Waals surface area (Å²) < 4.78 is 0. The summed E-state index contributed by atoms with van der Waals surface area (Å²) in [5.74, 6) is 0.519. The van der Waals surface area contributed by atoms with Crippen LogP contribution in [0.25, 0.3) is 11.0 Å². The molecule has 0 aliphatic heterocycles. The molecule has 88 valence electrons. The number of nitrogen functional groups attached to an aromatic ring is 1. The van der Waals surface area contributed by atoms with Crippen molar-refractivity contribution in [3.63, 3.8) is 0 Å². The van der Waals surface area contributed by atoms with Crippen molar-refractivity contribution in [3.8, 4) is 0 Å². The first-order valence-corrected chi connectivity index (χ1v) is 7.48. The van der Waals surface area contributed by atoms with E-state index in [1.165, 1.54) is 5.56 Å². The normalized spacial score (nSPS) is 10.0. The number of rotatable bonds is 0. The fourth-order valence-corrected chi connectivity index (χ4v) is 1.45. The molecule has 0 amide bonds. The number of hydrogen-bond acceptors (Lipinski definition) is 3. The molecule has 0 bridgehead atoms. The van der Waals surface area contributed by atoms with Crippen molar-refractivity contribution in [3.05, 3.63) is 29.5 Å². The van der Waals surface area contributed by atoms with E-state index in [2.05, 4.69) is 16.9 Å². The van der Waals surface area contributed by atoms with Crippen molar-refractivity contribution < 1.29 is 13.1 Å². The van der Waals surface area contributed by atoms with Crippen LogP contribution in [0, 0.1) is 13.8 Å². The van der Waals surface area contributed by atoms with Crippen LogP contribution in [-0.4, -0.2) is 9.97 Å². The first-order valence-electron chi connectivity index (χ1n) is 4.44. The Kier molecular flexibility index (Phi) is 5.29. The van der Waals surface area contributed by atoms with E-state index in [0.29, 0.717) is 5.82 Å². The van der Waals surface area contributed by atoms with Gasteiger partial charge in [-0.25, -0.2) is 9.97 Å². The van der Waals surface area contributed by atoms with E-state index in [1.54, 1.807) is 6.07 Å². The number of nitrogens with two attached hydrogens (primary N) is 1. The molecule has 0 aliphatic carbocycles. The summed E-state index contributed by atoms with van der Waals surface area (Å²) in [6.45, 7) is 4.01. The first-order chi connectivity index (χ1) is 7.58. The summed E-state index contributed by atoms with van der Waals surface area (Å²) in [6, 6.07) is 5.80. The molecule has 0 fully saturated rings. The van der Waals surface area contributed by atoms with Crippen LogP contribution in [0.2, 0.25) is 0 Å². The van der Waals surface area contributed by atoms with Crippen molar-refractivity contribution in [2.75, 3.05) is 5.73 Å². The van der Waals surface area contributed by atoms with Gasteiger partial charge in [-0.2, -0.15) is 0 Å². The van der Waals surface area contributed by atoms with Crippen LogP contribution in [0.3, 0.4) is 0 Å². The number of anilines is 1. The number of aryl methyl sites for hydroxylation is 2. The van der Waals surface area contributed by atoms with Gasteiger partial charge in [0.2, 0.25) is 0 Å². The zero-order valence-corrected chi connectivity index (χ0v) is 11.4. The predicted molar refractivity (Wildman–Crippen MR) is 65.1 cm³/mol. The topological polar surface area (TPSA) is 51.8 Å². The van der Waals surface area contributed by atoms with Gasteiger partial charge in [-0.15, -0.1) is 0 Å². The third-order valence-electron chi connectivity index (χ3n) is 2.03. The molecule has 2 aromatic heterocycles. The fourth-order valence-electron chi connectivity index (χ4n) is 1.45. The van der Waals surface area contributed by atoms with E-state index >= 15 is 0 Å². The van der Waals surface area contributed by atoms with Crippen LogP contribution in [0.15, 0.2) is 18.2 Å². The van der Waals surface area contributed by atoms with E-state index in [-0.39, 0.29) is 13.1 Å². The maximum atomic E-state index is 5.57. The van der Waals surface area contributed by atoms with E-state index < -0.39 is 0 Å². The number of halogens is 2. The Bertz CT molecular complexity index is 485. The molecule has 0 aromatic carbocycles. The molecule has 0 radical (unpaired) electrons. The number of nitrogens with zero attached hydrogens (tertiary/aromatic N) is 2. The Morgan fingerprint density at radius 2 is 1.81 bits per heavy atom. The van der Waals surface area contributed by atoms with Crippen LogP contribution in [0.4, 0.5) is 5.82 Å². The van der Waals surface area contributed by atoms with Gasteiger partial charge >= 0.3 is 33.3 Å². The van der Waals surface area contributed by atoms with Crippen LogP contribution in [0.5, 0.6) is 0 Å². The summed E-state index contributed by atoms with van der Waals surface area (Å²) in [4.78, 5) is 8.47. The minimum absolute atomic E-state index is 0.194. The molecule has 2 rings (SSSR count). The molecule has 0 atom stereocenters. The Hall–Kier alpha value is -0.541. The molecule has 0 spiro atoms. The van der Waals surface area contributed by atoms with Gasteiger partial charge in [0.25, 0.3) is 0 Å². The second kappa shape index (κ2) is 6.26. The summed E-state index contributed by atoms with van der Waals surface area (Å²) >= 11 is 0.194. The number of pyridine rings is 2. The van der Waals surface area contributed by atoms with E-state index in [0.717, 1.165) is 16.7 Å². The van der Waals surface area contributed by atoms with Crippen molar-refractivity contribution in [1.29, 1.82) is 0 Å². The SMILES string of the molecule is Cc1cc(C)c2ccc(N)nc2n1.[Cl][Fe][Cl]. The monoisotopic (exact) mass is 299 g/mol. The third kappa shape index (κ3) is 3.49. The summed E-state index contributed by atoms with van der Waals surface area (Å²) in [5.41, 5.74) is 8.47. The molecule has 0 unspecified atom stereocenters. The molecule has 2 heterocycles. The average molecular weight is 300 g/mol. The Morgan fingerprint density at radius 3 is 2.44 bits per heavy atom. The molecule has 0 saturated heterocycles. The number of fused-ring (bicyclic) bond motifs is 1. The second-order valence-corrected chi connectivity index (χ2v) is 5.06. The number of aromatic nitrogens is 2. The zero-order chi connectivity index (χ0) is 12.1. The van der Waals surface area contributed by atoms with Crippen LogP contribution in [-0.2, 0) is 13.1 Å². The first kappa shape index (κ1) is 13.5. The third-order valence-corrected chi connectivity index (χ3v) is 2.03. The second-order valence-electron chi connectivity index (χ2n) is 3.24. The molecular formula is C10H11Cl2FeN3. The van der Waals surface area contributed by atoms with E-state index in [9.17, 15) is 0 Å². The molecule has 0 saturated carbocycles. The molecule has 2 aromatic rings. The van der Waals surface area contributed by atoms with E-state index in [4.69, 9.17) is 25.9 Å².